The molecule has 3 aliphatic rings. The van der Waals surface area contributed by atoms with Crippen molar-refractivity contribution in [3.8, 4) is 5.75 Å². The van der Waals surface area contributed by atoms with Gasteiger partial charge in [-0.25, -0.2) is 0 Å². The fraction of sp³-hybridized carbons (Fsp3) is 0.647. The largest absolute Gasteiger partial charge is 0.492 e. The molecule has 3 saturated heterocycles. The lowest BCUT2D eigenvalue weighted by Gasteiger charge is -2.24. The first kappa shape index (κ1) is 13.9. The first-order valence-corrected chi connectivity index (χ1v) is 8.53. The van der Waals surface area contributed by atoms with Crippen molar-refractivity contribution in [1.29, 1.82) is 0 Å². The zero-order chi connectivity index (χ0) is 14.4. The van der Waals surface area contributed by atoms with E-state index in [1.165, 1.54) is 31.5 Å². The maximum Gasteiger partial charge on any atom is 0.137 e. The second-order valence-corrected chi connectivity index (χ2v) is 6.98. The van der Waals surface area contributed by atoms with Crippen LogP contribution < -0.4 is 10.1 Å². The molecule has 0 aliphatic carbocycles. The second-order valence-electron chi connectivity index (χ2n) is 6.57. The van der Waals surface area contributed by atoms with Gasteiger partial charge >= 0.3 is 0 Å². The summed E-state index contributed by atoms with van der Waals surface area (Å²) in [5, 5.41) is 4.31. The molecule has 0 radical (unpaired) electrons. The van der Waals surface area contributed by atoms with E-state index in [0.717, 1.165) is 41.2 Å². The van der Waals surface area contributed by atoms with Crippen LogP contribution in [-0.4, -0.2) is 36.7 Å². The summed E-state index contributed by atoms with van der Waals surface area (Å²) < 4.78 is 5.52. The van der Waals surface area contributed by atoms with E-state index < -0.39 is 0 Å². The number of rotatable bonds is 4. The summed E-state index contributed by atoms with van der Waals surface area (Å²) in [4.78, 5) is 2.74. The molecule has 114 valence electrons. The quantitative estimate of drug-likeness (QED) is 0.925. The molecule has 0 aromatic heterocycles. The normalized spacial score (nSPS) is 34.4. The number of hydrogen-bond donors (Lipinski definition) is 1. The Morgan fingerprint density at radius 3 is 2.57 bits per heavy atom. The minimum absolute atomic E-state index is 0.658. The van der Waals surface area contributed by atoms with Crippen molar-refractivity contribution in [1.82, 2.24) is 10.2 Å². The van der Waals surface area contributed by atoms with Gasteiger partial charge in [0, 0.05) is 18.6 Å². The molecule has 4 heteroatoms. The highest BCUT2D eigenvalue weighted by molar-refractivity contribution is 6.32. The Labute approximate surface area is 131 Å². The minimum atomic E-state index is 0.658. The molecule has 3 fully saturated rings. The average Bonchev–Trinajstić information content (AvgIpc) is 3.14. The van der Waals surface area contributed by atoms with Gasteiger partial charge in [-0.15, -0.1) is 0 Å². The van der Waals surface area contributed by atoms with Crippen LogP contribution in [0.25, 0.3) is 0 Å². The zero-order valence-electron chi connectivity index (χ0n) is 12.5. The van der Waals surface area contributed by atoms with Gasteiger partial charge in [0.1, 0.15) is 5.75 Å². The van der Waals surface area contributed by atoms with Crippen LogP contribution >= 0.6 is 11.6 Å². The molecule has 3 aliphatic heterocycles. The number of ether oxygens (including phenoxy) is 1. The lowest BCUT2D eigenvalue weighted by Crippen LogP contribution is -2.33. The molecule has 1 N–H and O–H groups in total. The second kappa shape index (κ2) is 5.45. The molecule has 0 unspecified atom stereocenters. The van der Waals surface area contributed by atoms with Crippen LogP contribution in [0.15, 0.2) is 18.2 Å². The van der Waals surface area contributed by atoms with Gasteiger partial charge in [0.15, 0.2) is 0 Å². The van der Waals surface area contributed by atoms with Crippen molar-refractivity contribution in [2.45, 2.75) is 38.4 Å². The summed E-state index contributed by atoms with van der Waals surface area (Å²) in [6, 6.07) is 7.82. The smallest absolute Gasteiger partial charge is 0.137 e. The van der Waals surface area contributed by atoms with Crippen LogP contribution in [0.3, 0.4) is 0 Å². The summed E-state index contributed by atoms with van der Waals surface area (Å²) in [5.74, 6) is 2.55. The molecule has 3 nitrogen and oxygen atoms in total. The molecule has 0 spiro atoms. The van der Waals surface area contributed by atoms with Crippen LogP contribution in [0.5, 0.6) is 5.75 Å². The van der Waals surface area contributed by atoms with Gasteiger partial charge in [0.2, 0.25) is 0 Å². The zero-order valence-corrected chi connectivity index (χ0v) is 13.3. The predicted molar refractivity (Wildman–Crippen MR) is 84.8 cm³/mol. The van der Waals surface area contributed by atoms with Crippen LogP contribution in [-0.2, 0) is 6.54 Å². The number of nitrogens with one attached hydrogen (secondary N) is 1. The minimum Gasteiger partial charge on any atom is -0.492 e. The average molecular weight is 307 g/mol. The number of benzene rings is 1. The Morgan fingerprint density at radius 2 is 1.95 bits per heavy atom. The molecule has 4 atom stereocenters. The number of nitrogens with zero attached hydrogens (tertiary/aromatic N) is 1. The van der Waals surface area contributed by atoms with E-state index in [9.17, 15) is 0 Å². The highest BCUT2D eigenvalue weighted by atomic mass is 35.5. The van der Waals surface area contributed by atoms with Crippen LogP contribution in [0, 0.1) is 11.8 Å². The van der Waals surface area contributed by atoms with Gasteiger partial charge < -0.3 is 10.1 Å². The topological polar surface area (TPSA) is 24.5 Å². The van der Waals surface area contributed by atoms with Gasteiger partial charge in [0.05, 0.1) is 11.6 Å². The number of halogens is 1. The van der Waals surface area contributed by atoms with E-state index in [0.29, 0.717) is 6.61 Å². The Kier molecular flexibility index (Phi) is 3.60. The summed E-state index contributed by atoms with van der Waals surface area (Å²) in [6.45, 7) is 6.11. The Balaban J connectivity index is 1.51. The molecule has 4 rings (SSSR count). The molecule has 1 aromatic carbocycles. The third-order valence-corrected chi connectivity index (χ3v) is 5.87. The van der Waals surface area contributed by atoms with Crippen molar-refractivity contribution in [3.63, 3.8) is 0 Å². The maximum atomic E-state index is 6.32. The number of hydrogen-bond acceptors (Lipinski definition) is 3. The van der Waals surface area contributed by atoms with Gasteiger partial charge in [-0.2, -0.15) is 0 Å². The Morgan fingerprint density at radius 1 is 1.24 bits per heavy atom. The van der Waals surface area contributed by atoms with Crippen molar-refractivity contribution >= 4 is 11.6 Å². The highest BCUT2D eigenvalue weighted by Gasteiger charge is 2.54. The number of fused-ring (bicyclic) bond motifs is 5. The summed E-state index contributed by atoms with van der Waals surface area (Å²) in [6.07, 6.45) is 2.75. The SMILES string of the molecule is CCOc1ccc(CN2[C@@H]3CC[C@H]2[C@H]2CNC[C@H]23)cc1Cl. The summed E-state index contributed by atoms with van der Waals surface area (Å²) in [7, 11) is 0. The molecule has 3 heterocycles. The molecule has 2 bridgehead atoms. The lowest BCUT2D eigenvalue weighted by molar-refractivity contribution is 0.218. The monoisotopic (exact) mass is 306 g/mol. The summed E-state index contributed by atoms with van der Waals surface area (Å²) >= 11 is 6.32. The van der Waals surface area contributed by atoms with Gasteiger partial charge in [0.25, 0.3) is 0 Å². The van der Waals surface area contributed by atoms with Crippen LogP contribution in [0.1, 0.15) is 25.3 Å². The molecule has 21 heavy (non-hydrogen) atoms. The fourth-order valence-electron chi connectivity index (χ4n) is 4.76. The Bertz CT molecular complexity index is 518. The van der Waals surface area contributed by atoms with Crippen molar-refractivity contribution in [2.75, 3.05) is 19.7 Å². The van der Waals surface area contributed by atoms with E-state index >= 15 is 0 Å². The molecular formula is C17H23ClN2O. The predicted octanol–water partition coefficient (Wildman–Crippen LogP) is 2.92. The van der Waals surface area contributed by atoms with E-state index in [2.05, 4.69) is 22.3 Å². The molecule has 0 saturated carbocycles. The first-order valence-electron chi connectivity index (χ1n) is 8.15. The maximum absolute atomic E-state index is 6.32. The lowest BCUT2D eigenvalue weighted by atomic mass is 9.82. The first-order chi connectivity index (χ1) is 10.3. The van der Waals surface area contributed by atoms with Crippen LogP contribution in [0.2, 0.25) is 5.02 Å². The van der Waals surface area contributed by atoms with E-state index in [4.69, 9.17) is 16.3 Å². The van der Waals surface area contributed by atoms with Crippen molar-refractivity contribution in [2.24, 2.45) is 11.8 Å². The third kappa shape index (κ3) is 2.26. The van der Waals surface area contributed by atoms with Gasteiger partial charge in [-0.1, -0.05) is 17.7 Å². The third-order valence-electron chi connectivity index (χ3n) is 5.57. The van der Waals surface area contributed by atoms with Crippen molar-refractivity contribution < 1.29 is 4.74 Å². The Hall–Kier alpha value is -0.770. The summed E-state index contributed by atoms with van der Waals surface area (Å²) in [5.41, 5.74) is 1.31. The van der Waals surface area contributed by atoms with E-state index in [1.807, 2.05) is 13.0 Å². The highest BCUT2D eigenvalue weighted by Crippen LogP contribution is 2.48. The molecular weight excluding hydrogens is 284 g/mol. The van der Waals surface area contributed by atoms with E-state index in [1.54, 1.807) is 0 Å². The van der Waals surface area contributed by atoms with Crippen LogP contribution in [0.4, 0.5) is 0 Å². The molecule has 1 aromatic rings. The van der Waals surface area contributed by atoms with Gasteiger partial charge in [-0.3, -0.25) is 4.90 Å². The molecule has 0 amide bonds. The standard InChI is InChI=1S/C17H23ClN2O/c1-2-21-17-6-3-11(7-14(17)18)10-20-15-4-5-16(20)13-9-19-8-12(13)15/h3,6-7,12-13,15-16,19H,2,4-5,8-10H2,1H3/t12-,13+,15-,16+. The fourth-order valence-corrected chi connectivity index (χ4v) is 5.02. The van der Waals surface area contributed by atoms with Gasteiger partial charge in [-0.05, 0) is 62.4 Å². The van der Waals surface area contributed by atoms with Crippen molar-refractivity contribution in [3.05, 3.63) is 28.8 Å². The van der Waals surface area contributed by atoms with E-state index in [-0.39, 0.29) is 0 Å².